The highest BCUT2D eigenvalue weighted by Crippen LogP contribution is 2.41. The normalized spacial score (nSPS) is 26.5. The van der Waals surface area contributed by atoms with E-state index in [9.17, 15) is 4.79 Å². The molecule has 0 saturated heterocycles. The van der Waals surface area contributed by atoms with Crippen molar-refractivity contribution < 1.29 is 4.79 Å². The van der Waals surface area contributed by atoms with Gasteiger partial charge in [0, 0.05) is 5.54 Å². The van der Waals surface area contributed by atoms with Gasteiger partial charge in [-0.2, -0.15) is 0 Å². The Morgan fingerprint density at radius 2 is 1.75 bits per heavy atom. The average molecular weight is 279 g/mol. The monoisotopic (exact) mass is 279 g/mol. The van der Waals surface area contributed by atoms with Gasteiger partial charge >= 0.3 is 0 Å². The minimum atomic E-state index is -0.327. The first-order chi connectivity index (χ1) is 9.04. The van der Waals surface area contributed by atoms with Crippen LogP contribution in [0.5, 0.6) is 0 Å². The maximum absolute atomic E-state index is 12.9. The van der Waals surface area contributed by atoms with Crippen LogP contribution < -0.4 is 5.32 Å². The molecule has 2 heteroatoms. The summed E-state index contributed by atoms with van der Waals surface area (Å²) < 4.78 is 0. The Balaban J connectivity index is 3.04. The highest BCUT2D eigenvalue weighted by Gasteiger charge is 2.40. The molecule has 1 aliphatic rings. The van der Waals surface area contributed by atoms with E-state index in [0.29, 0.717) is 0 Å². The molecular formula is C18H33NO. The molecule has 0 fully saturated rings. The van der Waals surface area contributed by atoms with E-state index >= 15 is 0 Å². The molecule has 0 aliphatic heterocycles. The maximum Gasteiger partial charge on any atom is 0.230 e. The molecular weight excluding hydrogens is 246 g/mol. The topological polar surface area (TPSA) is 29.1 Å². The average Bonchev–Trinajstić information content (AvgIpc) is 2.17. The predicted octanol–water partition coefficient (Wildman–Crippen LogP) is 4.84. The van der Waals surface area contributed by atoms with Crippen LogP contribution in [0.4, 0.5) is 0 Å². The van der Waals surface area contributed by atoms with Crippen LogP contribution in [-0.2, 0) is 4.79 Å². The second kappa shape index (κ2) is 6.32. The van der Waals surface area contributed by atoms with Crippen molar-refractivity contribution in [3.8, 4) is 0 Å². The highest BCUT2D eigenvalue weighted by molar-refractivity contribution is 5.85. The number of rotatable bonds is 2. The van der Waals surface area contributed by atoms with Gasteiger partial charge in [-0.25, -0.2) is 0 Å². The molecule has 0 radical (unpaired) electrons. The van der Waals surface area contributed by atoms with E-state index in [1.54, 1.807) is 0 Å². The summed E-state index contributed by atoms with van der Waals surface area (Å²) in [6, 6.07) is 0. The van der Waals surface area contributed by atoms with Gasteiger partial charge in [0.15, 0.2) is 0 Å². The van der Waals surface area contributed by atoms with E-state index in [4.69, 9.17) is 0 Å². The van der Waals surface area contributed by atoms with Crippen molar-refractivity contribution in [3.63, 3.8) is 0 Å². The number of allylic oxidation sites excluding steroid dienone is 1. The number of carbonyl (C=O) groups excluding carboxylic acids is 1. The molecule has 0 aromatic rings. The molecule has 1 atom stereocenters. The first-order valence-corrected chi connectivity index (χ1v) is 8.05. The molecule has 116 valence electrons. The van der Waals surface area contributed by atoms with Crippen LogP contribution in [0, 0.1) is 10.8 Å². The molecule has 20 heavy (non-hydrogen) atoms. The molecule has 1 unspecified atom stereocenters. The number of hydrogen-bond donors (Lipinski definition) is 1. The van der Waals surface area contributed by atoms with Crippen LogP contribution in [0.1, 0.15) is 80.1 Å². The third kappa shape index (κ3) is 5.68. The van der Waals surface area contributed by atoms with Gasteiger partial charge < -0.3 is 5.32 Å². The van der Waals surface area contributed by atoms with Crippen LogP contribution >= 0.6 is 0 Å². The lowest BCUT2D eigenvalue weighted by Gasteiger charge is -2.38. The van der Waals surface area contributed by atoms with Crippen molar-refractivity contribution in [1.82, 2.24) is 5.32 Å². The number of hydrogen-bond acceptors (Lipinski definition) is 1. The Labute approximate surface area is 125 Å². The van der Waals surface area contributed by atoms with Crippen molar-refractivity contribution in [1.29, 1.82) is 0 Å². The zero-order valence-corrected chi connectivity index (χ0v) is 14.3. The fourth-order valence-electron chi connectivity index (χ4n) is 3.10. The smallest absolute Gasteiger partial charge is 0.230 e. The molecule has 1 rings (SSSR count). The van der Waals surface area contributed by atoms with Gasteiger partial charge in [-0.3, -0.25) is 4.79 Å². The van der Waals surface area contributed by atoms with Crippen LogP contribution in [0.2, 0.25) is 0 Å². The van der Waals surface area contributed by atoms with E-state index in [1.807, 2.05) is 0 Å². The molecule has 1 aliphatic carbocycles. The zero-order valence-electron chi connectivity index (χ0n) is 14.3. The van der Waals surface area contributed by atoms with Crippen LogP contribution in [0.15, 0.2) is 12.2 Å². The lowest BCUT2D eigenvalue weighted by Crippen LogP contribution is -2.49. The van der Waals surface area contributed by atoms with E-state index in [0.717, 1.165) is 25.7 Å². The van der Waals surface area contributed by atoms with Crippen molar-refractivity contribution >= 4 is 5.91 Å². The minimum Gasteiger partial charge on any atom is -0.351 e. The second-order valence-electron chi connectivity index (χ2n) is 8.60. The van der Waals surface area contributed by atoms with E-state index in [1.165, 1.54) is 12.8 Å². The fraction of sp³-hybridized carbons (Fsp3) is 0.833. The number of amides is 1. The van der Waals surface area contributed by atoms with Crippen molar-refractivity contribution in [2.45, 2.75) is 85.6 Å². The summed E-state index contributed by atoms with van der Waals surface area (Å²) in [6.45, 7) is 12.9. The van der Waals surface area contributed by atoms with Crippen LogP contribution in [0.25, 0.3) is 0 Å². The van der Waals surface area contributed by atoms with Crippen LogP contribution in [0.3, 0.4) is 0 Å². The van der Waals surface area contributed by atoms with Gasteiger partial charge in [0.1, 0.15) is 0 Å². The van der Waals surface area contributed by atoms with Crippen molar-refractivity contribution in [2.75, 3.05) is 0 Å². The Hall–Kier alpha value is -0.790. The summed E-state index contributed by atoms with van der Waals surface area (Å²) >= 11 is 0. The molecule has 0 spiro atoms. The fourth-order valence-corrected chi connectivity index (χ4v) is 3.10. The third-order valence-electron chi connectivity index (χ3n) is 3.72. The molecule has 0 saturated carbocycles. The molecule has 0 aromatic carbocycles. The quantitative estimate of drug-likeness (QED) is 0.720. The lowest BCUT2D eigenvalue weighted by molar-refractivity contribution is -0.132. The van der Waals surface area contributed by atoms with E-state index < -0.39 is 0 Å². The summed E-state index contributed by atoms with van der Waals surface area (Å²) in [5.41, 5.74) is -0.344. The molecule has 0 aromatic heterocycles. The Kier molecular flexibility index (Phi) is 5.46. The Bertz CT molecular complexity index is 357. The van der Waals surface area contributed by atoms with E-state index in [2.05, 4.69) is 59.0 Å². The minimum absolute atomic E-state index is 0.152. The highest BCUT2D eigenvalue weighted by atomic mass is 16.2. The van der Waals surface area contributed by atoms with Gasteiger partial charge in [0.05, 0.1) is 5.41 Å². The molecule has 1 amide bonds. The lowest BCUT2D eigenvalue weighted by atomic mass is 9.69. The summed E-state index contributed by atoms with van der Waals surface area (Å²) in [4.78, 5) is 12.9. The van der Waals surface area contributed by atoms with Gasteiger partial charge in [0.2, 0.25) is 5.91 Å². The maximum atomic E-state index is 12.9. The zero-order chi connectivity index (χ0) is 15.4. The van der Waals surface area contributed by atoms with Crippen molar-refractivity contribution in [3.05, 3.63) is 12.2 Å². The summed E-state index contributed by atoms with van der Waals surface area (Å²) in [7, 11) is 0. The van der Waals surface area contributed by atoms with Crippen molar-refractivity contribution in [2.24, 2.45) is 10.8 Å². The molecule has 1 N–H and O–H groups in total. The second-order valence-corrected chi connectivity index (χ2v) is 8.60. The van der Waals surface area contributed by atoms with Gasteiger partial charge in [0.25, 0.3) is 0 Å². The summed E-state index contributed by atoms with van der Waals surface area (Å²) in [5, 5.41) is 3.21. The molecule has 0 heterocycles. The van der Waals surface area contributed by atoms with Gasteiger partial charge in [-0.15, -0.1) is 0 Å². The van der Waals surface area contributed by atoms with Gasteiger partial charge in [-0.05, 0) is 51.9 Å². The number of nitrogens with one attached hydrogen (secondary N) is 1. The molecule has 2 nitrogen and oxygen atoms in total. The van der Waals surface area contributed by atoms with E-state index in [-0.39, 0.29) is 22.3 Å². The predicted molar refractivity (Wildman–Crippen MR) is 86.6 cm³/mol. The number of carbonyl (C=O) groups is 1. The largest absolute Gasteiger partial charge is 0.351 e. The Morgan fingerprint density at radius 3 is 2.30 bits per heavy atom. The molecule has 0 bridgehead atoms. The first kappa shape index (κ1) is 17.3. The first-order valence-electron chi connectivity index (χ1n) is 8.05. The summed E-state index contributed by atoms with van der Waals surface area (Å²) in [5.74, 6) is 0.207. The third-order valence-corrected chi connectivity index (χ3v) is 3.72. The Morgan fingerprint density at radius 1 is 1.10 bits per heavy atom. The van der Waals surface area contributed by atoms with Crippen LogP contribution in [-0.4, -0.2) is 11.4 Å². The standard InChI is InChI=1S/C18H33NO/c1-16(2,3)14-18(15(20)19-17(4,5)6)12-10-8-7-9-11-13-18/h10,12H,7-9,11,13-14H2,1-6H3,(H,19,20)/b12-10+. The summed E-state index contributed by atoms with van der Waals surface area (Å²) in [6.07, 6.45) is 11.1. The SMILES string of the molecule is CC(C)(C)CC1(C(=O)NC(C)(C)C)/C=C/CCCCC1. The van der Waals surface area contributed by atoms with Gasteiger partial charge in [-0.1, -0.05) is 45.8 Å².